The van der Waals surface area contributed by atoms with Gasteiger partial charge in [-0.25, -0.2) is 4.39 Å². The quantitative estimate of drug-likeness (QED) is 0.425. The maximum Gasteiger partial charge on any atom is 0.227 e. The molecule has 1 fully saturated rings. The van der Waals surface area contributed by atoms with E-state index in [-0.39, 0.29) is 29.6 Å². The molecular formula is C29H28FNO. The summed E-state index contributed by atoms with van der Waals surface area (Å²) in [4.78, 5) is 15.6. The first kappa shape index (κ1) is 20.7. The lowest BCUT2D eigenvalue weighted by atomic mass is 9.75. The molecule has 0 radical (unpaired) electrons. The lowest BCUT2D eigenvalue weighted by molar-refractivity contribution is -0.134. The molecular weight excluding hydrogens is 397 g/mol. The van der Waals surface area contributed by atoms with Crippen LogP contribution in [0.15, 0.2) is 84.9 Å². The molecule has 5 rings (SSSR count). The van der Waals surface area contributed by atoms with E-state index in [0.29, 0.717) is 18.0 Å². The van der Waals surface area contributed by atoms with Gasteiger partial charge in [-0.05, 0) is 48.1 Å². The fraction of sp³-hybridized carbons (Fsp3) is 0.276. The summed E-state index contributed by atoms with van der Waals surface area (Å²) in [6.07, 6.45) is 5.35. The summed E-state index contributed by atoms with van der Waals surface area (Å²) in [5, 5.41) is 0. The third-order valence-electron chi connectivity index (χ3n) is 7.05. The number of aryl methyl sites for hydroxylation is 1. The zero-order valence-corrected chi connectivity index (χ0v) is 18.5. The molecule has 0 spiro atoms. The number of carbonyl (C=O) groups excluding carboxylic acids is 1. The van der Waals surface area contributed by atoms with Gasteiger partial charge in [0, 0.05) is 23.9 Å². The summed E-state index contributed by atoms with van der Waals surface area (Å²) in [6, 6.07) is 23.3. The first-order chi connectivity index (χ1) is 15.5. The van der Waals surface area contributed by atoms with Crippen LogP contribution in [0.1, 0.15) is 36.1 Å². The van der Waals surface area contributed by atoms with E-state index in [2.05, 4.69) is 31.2 Å². The van der Waals surface area contributed by atoms with Crippen LogP contribution in [0.2, 0.25) is 0 Å². The third-order valence-corrected chi connectivity index (χ3v) is 7.05. The highest BCUT2D eigenvalue weighted by Crippen LogP contribution is 2.49. The van der Waals surface area contributed by atoms with Gasteiger partial charge in [-0.2, -0.15) is 0 Å². The number of rotatable bonds is 4. The topological polar surface area (TPSA) is 20.3 Å². The molecule has 32 heavy (non-hydrogen) atoms. The molecule has 0 unspecified atom stereocenters. The van der Waals surface area contributed by atoms with Crippen LogP contribution < -0.4 is 0 Å². The van der Waals surface area contributed by atoms with E-state index < -0.39 is 0 Å². The molecule has 2 nitrogen and oxygen atoms in total. The zero-order chi connectivity index (χ0) is 22.2. The molecule has 1 aliphatic heterocycles. The Kier molecular flexibility index (Phi) is 5.42. The van der Waals surface area contributed by atoms with Crippen LogP contribution in [0.25, 0.3) is 11.1 Å². The van der Waals surface area contributed by atoms with Gasteiger partial charge in [-0.15, -0.1) is 0 Å². The van der Waals surface area contributed by atoms with Crippen molar-refractivity contribution < 1.29 is 9.18 Å². The predicted molar refractivity (Wildman–Crippen MR) is 126 cm³/mol. The van der Waals surface area contributed by atoms with Crippen molar-refractivity contribution in [2.24, 2.45) is 17.8 Å². The lowest BCUT2D eigenvalue weighted by Gasteiger charge is -2.30. The van der Waals surface area contributed by atoms with Gasteiger partial charge >= 0.3 is 0 Å². The van der Waals surface area contributed by atoms with Crippen LogP contribution in [0, 0.1) is 30.5 Å². The Balaban J connectivity index is 1.59. The van der Waals surface area contributed by atoms with E-state index in [0.717, 1.165) is 28.7 Å². The minimum Gasteiger partial charge on any atom is -0.330 e. The number of fused-ring (bicyclic) bond motifs is 1. The molecule has 0 saturated carbocycles. The summed E-state index contributed by atoms with van der Waals surface area (Å²) in [5.41, 5.74) is 4.70. The summed E-state index contributed by atoms with van der Waals surface area (Å²) < 4.78 is 14.9. The molecule has 1 aliphatic carbocycles. The maximum atomic E-state index is 14.9. The van der Waals surface area contributed by atoms with Crippen molar-refractivity contribution in [3.8, 4) is 11.1 Å². The number of nitrogens with zero attached hydrogens (tertiary/aromatic N) is 1. The van der Waals surface area contributed by atoms with Gasteiger partial charge < -0.3 is 4.90 Å². The minimum atomic E-state index is -0.236. The smallest absolute Gasteiger partial charge is 0.227 e. The Bertz CT molecular complexity index is 1150. The summed E-state index contributed by atoms with van der Waals surface area (Å²) in [6.45, 7) is 4.76. The Morgan fingerprint density at radius 2 is 1.75 bits per heavy atom. The van der Waals surface area contributed by atoms with E-state index in [9.17, 15) is 9.18 Å². The summed E-state index contributed by atoms with van der Waals surface area (Å²) in [7, 11) is 0. The normalized spacial score (nSPS) is 24.6. The van der Waals surface area contributed by atoms with E-state index in [1.165, 1.54) is 0 Å². The number of allylic oxidation sites excluding steroid dienone is 1. The molecule has 4 atom stereocenters. The summed E-state index contributed by atoms with van der Waals surface area (Å²) in [5.74, 6) is 0.355. The molecule has 162 valence electrons. The van der Waals surface area contributed by atoms with Gasteiger partial charge in [0.05, 0.1) is 6.04 Å². The van der Waals surface area contributed by atoms with Crippen molar-refractivity contribution in [1.82, 2.24) is 4.90 Å². The average Bonchev–Trinajstić information content (AvgIpc) is 3.08. The third kappa shape index (κ3) is 3.66. The van der Waals surface area contributed by atoms with Crippen molar-refractivity contribution >= 4 is 5.91 Å². The number of benzene rings is 3. The van der Waals surface area contributed by atoms with Crippen molar-refractivity contribution in [3.05, 3.63) is 107 Å². The SMILES string of the molecule is Cc1ccc(-c2cc([C@H]3[C@H]4C=CC[C@@H](C)[C@@H]4C(=O)N3Cc3ccccc3)ccc2F)cc1. The van der Waals surface area contributed by atoms with Crippen LogP contribution in [0.5, 0.6) is 0 Å². The highest BCUT2D eigenvalue weighted by molar-refractivity contribution is 5.83. The summed E-state index contributed by atoms with van der Waals surface area (Å²) >= 11 is 0. The van der Waals surface area contributed by atoms with Crippen LogP contribution in [0.4, 0.5) is 4.39 Å². The molecule has 1 amide bonds. The Hall–Kier alpha value is -3.20. The van der Waals surface area contributed by atoms with Crippen molar-refractivity contribution in [2.75, 3.05) is 0 Å². The van der Waals surface area contributed by atoms with E-state index in [1.54, 1.807) is 6.07 Å². The Labute approximate surface area is 189 Å². The molecule has 2 aliphatic rings. The highest BCUT2D eigenvalue weighted by atomic mass is 19.1. The first-order valence-corrected chi connectivity index (χ1v) is 11.4. The Morgan fingerprint density at radius 3 is 2.50 bits per heavy atom. The van der Waals surface area contributed by atoms with Crippen molar-refractivity contribution in [1.29, 1.82) is 0 Å². The van der Waals surface area contributed by atoms with Crippen LogP contribution in [0.3, 0.4) is 0 Å². The first-order valence-electron chi connectivity index (χ1n) is 11.4. The van der Waals surface area contributed by atoms with E-state index in [4.69, 9.17) is 0 Å². The fourth-order valence-corrected chi connectivity index (χ4v) is 5.38. The fourth-order valence-electron chi connectivity index (χ4n) is 5.38. The van der Waals surface area contributed by atoms with Gasteiger partial charge in [0.2, 0.25) is 5.91 Å². The minimum absolute atomic E-state index is 0.0263. The van der Waals surface area contributed by atoms with Crippen LogP contribution in [-0.4, -0.2) is 10.8 Å². The van der Waals surface area contributed by atoms with Crippen LogP contribution >= 0.6 is 0 Å². The second kappa shape index (κ2) is 8.38. The average molecular weight is 426 g/mol. The van der Waals surface area contributed by atoms with E-state index >= 15 is 0 Å². The Morgan fingerprint density at radius 1 is 1.00 bits per heavy atom. The van der Waals surface area contributed by atoms with Crippen LogP contribution in [-0.2, 0) is 11.3 Å². The van der Waals surface area contributed by atoms with Crippen molar-refractivity contribution in [2.45, 2.75) is 32.9 Å². The number of halogens is 1. The van der Waals surface area contributed by atoms with Crippen molar-refractivity contribution in [3.63, 3.8) is 0 Å². The van der Waals surface area contributed by atoms with Gasteiger partial charge in [0.1, 0.15) is 5.82 Å². The molecule has 3 aromatic rings. The van der Waals surface area contributed by atoms with Gasteiger partial charge in [0.25, 0.3) is 0 Å². The van der Waals surface area contributed by atoms with Gasteiger partial charge in [0.15, 0.2) is 0 Å². The highest BCUT2D eigenvalue weighted by Gasteiger charge is 2.50. The number of carbonyl (C=O) groups is 1. The molecule has 0 N–H and O–H groups in total. The standard InChI is InChI=1S/C29H28FNO/c1-19-11-13-22(14-12-19)25-17-23(15-16-26(25)30)28-24-10-6-7-20(2)27(24)29(32)31(28)18-21-8-4-3-5-9-21/h3-6,8-17,20,24,27-28H,7,18H2,1-2H3/t20-,24+,27+,28+/m1/s1. The van der Waals surface area contributed by atoms with E-state index in [1.807, 2.05) is 66.4 Å². The molecule has 1 heterocycles. The molecule has 3 aromatic carbocycles. The predicted octanol–water partition coefficient (Wildman–Crippen LogP) is 6.71. The monoisotopic (exact) mass is 425 g/mol. The number of hydrogen-bond donors (Lipinski definition) is 0. The molecule has 0 aromatic heterocycles. The van der Waals surface area contributed by atoms with Gasteiger partial charge in [-0.3, -0.25) is 4.79 Å². The number of amides is 1. The molecule has 0 bridgehead atoms. The zero-order valence-electron chi connectivity index (χ0n) is 18.5. The maximum absolute atomic E-state index is 14.9. The second-order valence-corrected chi connectivity index (χ2v) is 9.25. The lowest BCUT2D eigenvalue weighted by Crippen LogP contribution is -2.30. The second-order valence-electron chi connectivity index (χ2n) is 9.25. The number of hydrogen-bond acceptors (Lipinski definition) is 1. The largest absolute Gasteiger partial charge is 0.330 e. The molecule has 3 heteroatoms. The van der Waals surface area contributed by atoms with Gasteiger partial charge in [-0.1, -0.05) is 85.3 Å². The molecule has 1 saturated heterocycles. The number of likely N-dealkylation sites (tertiary alicyclic amines) is 1.